The number of anilines is 1. The molecule has 3 heterocycles. The third-order valence-corrected chi connectivity index (χ3v) is 7.85. The number of hydrogen-bond donors (Lipinski definition) is 5. The van der Waals surface area contributed by atoms with Crippen molar-refractivity contribution in [2.24, 2.45) is 23.7 Å². The molecule has 2 aromatic rings. The minimum absolute atomic E-state index is 0.0961. The Morgan fingerprint density at radius 1 is 1.16 bits per heavy atom. The molecule has 1 saturated heterocycles. The number of aliphatic hydroxyl groups excluding tert-OH is 3. The zero-order valence-electron chi connectivity index (χ0n) is 17.5. The van der Waals surface area contributed by atoms with Crippen molar-refractivity contribution >= 4 is 17.0 Å². The van der Waals surface area contributed by atoms with E-state index in [1.165, 1.54) is 17.3 Å². The maximum Gasteiger partial charge on any atom is 0.208 e. The summed E-state index contributed by atoms with van der Waals surface area (Å²) in [5, 5.41) is 41.1. The fourth-order valence-corrected chi connectivity index (χ4v) is 6.68. The van der Waals surface area contributed by atoms with Crippen molar-refractivity contribution in [3.8, 4) is 11.8 Å². The van der Waals surface area contributed by atoms with E-state index in [0.717, 1.165) is 25.7 Å². The highest BCUT2D eigenvalue weighted by Gasteiger charge is 2.56. The summed E-state index contributed by atoms with van der Waals surface area (Å²) in [5.41, 5.74) is 6.03. The second kappa shape index (κ2) is 7.10. The third-order valence-electron chi connectivity index (χ3n) is 7.85. The molecule has 3 unspecified atom stereocenters. The SMILES string of the molecule is Nc1nc(C#CC2C3CC4CC(C3)CC2(O)C4)nc2c1ncn2[C@@H]1O[C@H](CO)[C@@H](O)[C@H]1O. The molecule has 10 heteroatoms. The average molecular weight is 441 g/mol. The molecule has 4 saturated carbocycles. The van der Waals surface area contributed by atoms with Gasteiger partial charge in [0.2, 0.25) is 5.82 Å². The van der Waals surface area contributed by atoms with E-state index in [0.29, 0.717) is 28.9 Å². The summed E-state index contributed by atoms with van der Waals surface area (Å²) in [6.45, 7) is -0.428. The maximum absolute atomic E-state index is 11.3. The van der Waals surface area contributed by atoms with Gasteiger partial charge in [-0.15, -0.1) is 0 Å². The minimum Gasteiger partial charge on any atom is -0.394 e. The van der Waals surface area contributed by atoms with Gasteiger partial charge < -0.3 is 30.9 Å². The van der Waals surface area contributed by atoms with Crippen molar-refractivity contribution in [1.29, 1.82) is 0 Å². The molecular formula is C22H27N5O5. The van der Waals surface area contributed by atoms with Crippen LogP contribution in [0, 0.1) is 35.5 Å². The molecule has 4 aliphatic carbocycles. The largest absolute Gasteiger partial charge is 0.394 e. The van der Waals surface area contributed by atoms with Crippen LogP contribution in [-0.2, 0) is 4.74 Å². The molecule has 0 amide bonds. The van der Waals surface area contributed by atoms with E-state index < -0.39 is 36.7 Å². The summed E-state index contributed by atoms with van der Waals surface area (Å²) < 4.78 is 7.07. The number of nitrogens with zero attached hydrogens (tertiary/aromatic N) is 4. The van der Waals surface area contributed by atoms with E-state index in [4.69, 9.17) is 10.5 Å². The van der Waals surface area contributed by atoms with Crippen molar-refractivity contribution < 1.29 is 25.2 Å². The molecule has 7 rings (SSSR count). The lowest BCUT2D eigenvalue weighted by molar-refractivity contribution is -0.152. The van der Waals surface area contributed by atoms with Gasteiger partial charge >= 0.3 is 0 Å². The zero-order valence-corrected chi connectivity index (χ0v) is 17.5. The van der Waals surface area contributed by atoms with Gasteiger partial charge in [0.25, 0.3) is 0 Å². The summed E-state index contributed by atoms with van der Waals surface area (Å²) in [7, 11) is 0. The van der Waals surface area contributed by atoms with Crippen LogP contribution in [0.1, 0.15) is 44.2 Å². The summed E-state index contributed by atoms with van der Waals surface area (Å²) in [6.07, 6.45) is 2.13. The van der Waals surface area contributed by atoms with Crippen molar-refractivity contribution in [2.75, 3.05) is 12.3 Å². The third kappa shape index (κ3) is 2.96. The Hall–Kier alpha value is -2.29. The van der Waals surface area contributed by atoms with E-state index in [9.17, 15) is 20.4 Å². The van der Waals surface area contributed by atoms with Crippen LogP contribution < -0.4 is 5.73 Å². The summed E-state index contributed by atoms with van der Waals surface area (Å²) in [4.78, 5) is 13.0. The van der Waals surface area contributed by atoms with Crippen LogP contribution in [0.25, 0.3) is 11.2 Å². The van der Waals surface area contributed by atoms with Crippen LogP contribution in [0.15, 0.2) is 6.33 Å². The fourth-order valence-electron chi connectivity index (χ4n) is 6.68. The van der Waals surface area contributed by atoms with Crippen LogP contribution >= 0.6 is 0 Å². The second-order valence-corrected chi connectivity index (χ2v) is 9.94. The van der Waals surface area contributed by atoms with Gasteiger partial charge in [-0.2, -0.15) is 0 Å². The molecule has 5 aliphatic rings. The second-order valence-electron chi connectivity index (χ2n) is 9.94. The van der Waals surface area contributed by atoms with E-state index in [2.05, 4.69) is 26.8 Å². The van der Waals surface area contributed by atoms with Gasteiger partial charge in [0.15, 0.2) is 17.7 Å². The fraction of sp³-hybridized carbons (Fsp3) is 0.682. The average Bonchev–Trinajstić information content (AvgIpc) is 3.28. The number of rotatable bonds is 2. The smallest absolute Gasteiger partial charge is 0.208 e. The minimum atomic E-state index is -1.27. The first-order valence-electron chi connectivity index (χ1n) is 11.2. The predicted octanol–water partition coefficient (Wildman–Crippen LogP) is -0.441. The standard InChI is InChI=1S/C22H27N5O5/c23-19-16-20(27(9-24-16)21-18(30)17(29)14(8-28)32-21)26-15(25-19)2-1-13-12-4-10-3-11(5-12)7-22(13,31)6-10/h9-14,17-18,21,28-31H,3-8H2,(H2,23,25,26)/t10?,11?,12?,13?,14-,17-,18-,21-,22?/m1/s1. The Morgan fingerprint density at radius 2 is 1.91 bits per heavy atom. The van der Waals surface area contributed by atoms with Crippen molar-refractivity contribution in [3.63, 3.8) is 0 Å². The Kier molecular flexibility index (Phi) is 4.51. The lowest BCUT2D eigenvalue weighted by Gasteiger charge is -2.57. The number of aromatic nitrogens is 4. The number of imidazole rings is 1. The first-order chi connectivity index (χ1) is 15.4. The summed E-state index contributed by atoms with van der Waals surface area (Å²) >= 11 is 0. The highest BCUT2D eigenvalue weighted by Crippen LogP contribution is 2.58. The van der Waals surface area contributed by atoms with E-state index >= 15 is 0 Å². The lowest BCUT2D eigenvalue weighted by Crippen LogP contribution is -2.56. The topological polar surface area (TPSA) is 160 Å². The Labute approximate surface area is 184 Å². The van der Waals surface area contributed by atoms with Crippen LogP contribution in [0.3, 0.4) is 0 Å². The highest BCUT2D eigenvalue weighted by atomic mass is 16.6. The van der Waals surface area contributed by atoms with Crippen LogP contribution in [0.4, 0.5) is 5.82 Å². The molecular weight excluding hydrogens is 414 g/mol. The molecule has 10 nitrogen and oxygen atoms in total. The predicted molar refractivity (Wildman–Crippen MR) is 112 cm³/mol. The molecule has 7 atom stereocenters. The molecule has 4 bridgehead atoms. The van der Waals surface area contributed by atoms with Gasteiger partial charge in [0.1, 0.15) is 23.8 Å². The van der Waals surface area contributed by atoms with E-state index in [1.54, 1.807) is 0 Å². The van der Waals surface area contributed by atoms with Gasteiger partial charge in [0.05, 0.1) is 24.5 Å². The van der Waals surface area contributed by atoms with Crippen LogP contribution in [-0.4, -0.2) is 70.5 Å². The van der Waals surface area contributed by atoms with E-state index in [1.807, 2.05) is 0 Å². The van der Waals surface area contributed by atoms with E-state index in [-0.39, 0.29) is 17.6 Å². The van der Waals surface area contributed by atoms with Crippen molar-refractivity contribution in [2.45, 2.75) is 62.2 Å². The molecule has 6 N–H and O–H groups in total. The number of hydrogen-bond acceptors (Lipinski definition) is 9. The lowest BCUT2D eigenvalue weighted by atomic mass is 9.50. The first kappa shape index (κ1) is 20.3. The molecule has 0 aromatic carbocycles. The molecule has 2 aromatic heterocycles. The first-order valence-corrected chi connectivity index (χ1v) is 11.2. The summed E-state index contributed by atoms with van der Waals surface area (Å²) in [6, 6.07) is 0. The van der Waals surface area contributed by atoms with Crippen molar-refractivity contribution in [3.05, 3.63) is 12.2 Å². The monoisotopic (exact) mass is 441 g/mol. The number of fused-ring (bicyclic) bond motifs is 1. The number of ether oxygens (including phenoxy) is 1. The summed E-state index contributed by atoms with van der Waals surface area (Å²) in [5.74, 6) is 8.19. The number of nitrogens with two attached hydrogens (primary N) is 1. The van der Waals surface area contributed by atoms with Gasteiger partial charge in [-0.05, 0) is 55.8 Å². The van der Waals surface area contributed by atoms with Gasteiger partial charge in [-0.3, -0.25) is 4.57 Å². The maximum atomic E-state index is 11.3. The quantitative estimate of drug-likeness (QED) is 0.389. The molecule has 0 radical (unpaired) electrons. The molecule has 32 heavy (non-hydrogen) atoms. The zero-order chi connectivity index (χ0) is 22.2. The highest BCUT2D eigenvalue weighted by molar-refractivity contribution is 5.82. The van der Waals surface area contributed by atoms with Gasteiger partial charge in [0, 0.05) is 0 Å². The number of aliphatic hydroxyl groups is 4. The normalized spacial score (nSPS) is 42.4. The van der Waals surface area contributed by atoms with Gasteiger partial charge in [-0.1, -0.05) is 5.92 Å². The van der Waals surface area contributed by atoms with Crippen LogP contribution in [0.2, 0.25) is 0 Å². The molecule has 170 valence electrons. The van der Waals surface area contributed by atoms with Crippen LogP contribution in [0.5, 0.6) is 0 Å². The van der Waals surface area contributed by atoms with Crippen molar-refractivity contribution in [1.82, 2.24) is 19.5 Å². The Balaban J connectivity index is 1.34. The number of nitrogen functional groups attached to an aromatic ring is 1. The molecule has 5 fully saturated rings. The Bertz CT molecular complexity index is 1110. The molecule has 1 aliphatic heterocycles. The Morgan fingerprint density at radius 3 is 2.56 bits per heavy atom. The van der Waals surface area contributed by atoms with Gasteiger partial charge in [-0.25, -0.2) is 15.0 Å². The molecule has 0 spiro atoms.